The number of furan rings is 1. The van der Waals surface area contributed by atoms with Gasteiger partial charge in [0.05, 0.1) is 6.26 Å². The first-order valence-corrected chi connectivity index (χ1v) is 7.32. The van der Waals surface area contributed by atoms with Gasteiger partial charge in [0, 0.05) is 5.41 Å². The number of hydrogen-bond acceptors (Lipinski definition) is 4. The molecule has 1 heterocycles. The van der Waals surface area contributed by atoms with Crippen molar-refractivity contribution in [1.29, 1.82) is 0 Å². The molecule has 1 aromatic rings. The van der Waals surface area contributed by atoms with Gasteiger partial charge < -0.3 is 9.15 Å². The van der Waals surface area contributed by atoms with Crippen LogP contribution in [0.4, 0.5) is 0 Å². The zero-order valence-corrected chi connectivity index (χ0v) is 12.9. The fraction of sp³-hybridized carbons (Fsp3) is 0.600. The Labute approximate surface area is 124 Å². The molecular weight excluding hydrogens is 276 g/mol. The molecule has 3 atom stereocenters. The van der Waals surface area contributed by atoms with Crippen LogP contribution in [0.1, 0.15) is 50.6 Å². The molecule has 0 saturated heterocycles. The van der Waals surface area contributed by atoms with Gasteiger partial charge in [0.25, 0.3) is 0 Å². The third-order valence-electron chi connectivity index (χ3n) is 5.01. The van der Waals surface area contributed by atoms with Crippen LogP contribution < -0.4 is 0 Å². The first-order chi connectivity index (χ1) is 9.37. The normalized spacial score (nSPS) is 33.1. The van der Waals surface area contributed by atoms with E-state index >= 15 is 0 Å². The molecular formula is C15H20O4S. The van der Waals surface area contributed by atoms with Gasteiger partial charge in [-0.3, -0.25) is 4.79 Å². The van der Waals surface area contributed by atoms with Crippen molar-refractivity contribution in [3.8, 4) is 0 Å². The van der Waals surface area contributed by atoms with Crippen LogP contribution in [0.25, 0.3) is 0 Å². The molecule has 0 aliphatic heterocycles. The van der Waals surface area contributed by atoms with Crippen molar-refractivity contribution in [1.82, 2.24) is 0 Å². The molecule has 3 unspecified atom stereocenters. The van der Waals surface area contributed by atoms with Crippen molar-refractivity contribution in [2.45, 2.75) is 45.6 Å². The molecule has 20 heavy (non-hydrogen) atoms. The third kappa shape index (κ3) is 2.08. The van der Waals surface area contributed by atoms with Gasteiger partial charge in [-0.2, -0.15) is 0 Å². The van der Waals surface area contributed by atoms with Crippen molar-refractivity contribution >= 4 is 23.7 Å². The maximum atomic E-state index is 12.2. The number of carbonyl (C=O) groups is 2. The Morgan fingerprint density at radius 3 is 2.75 bits per heavy atom. The number of rotatable bonds is 4. The van der Waals surface area contributed by atoms with E-state index in [1.807, 2.05) is 13.8 Å². The van der Waals surface area contributed by atoms with Gasteiger partial charge in [-0.05, 0) is 37.3 Å². The predicted molar refractivity (Wildman–Crippen MR) is 77.6 cm³/mol. The second-order valence-electron chi connectivity index (χ2n) is 5.71. The number of carbonyl (C=O) groups excluding carboxylic acids is 2. The second kappa shape index (κ2) is 5.28. The lowest BCUT2D eigenvalue weighted by molar-refractivity contribution is -0.143. The Hall–Kier alpha value is -1.23. The molecule has 4 nitrogen and oxygen atoms in total. The summed E-state index contributed by atoms with van der Waals surface area (Å²) in [6, 6.07) is 3.14. The van der Waals surface area contributed by atoms with Gasteiger partial charge in [0.2, 0.25) is 10.9 Å². The maximum absolute atomic E-state index is 12.2. The highest BCUT2D eigenvalue weighted by atomic mass is 32.1. The molecule has 110 valence electrons. The number of ether oxygens (including phenoxy) is 1. The Morgan fingerprint density at radius 1 is 1.55 bits per heavy atom. The molecule has 1 aliphatic carbocycles. The van der Waals surface area contributed by atoms with Crippen LogP contribution in [0.5, 0.6) is 0 Å². The summed E-state index contributed by atoms with van der Waals surface area (Å²) in [4.78, 5) is 24.3. The van der Waals surface area contributed by atoms with E-state index in [0.29, 0.717) is 6.42 Å². The van der Waals surface area contributed by atoms with E-state index in [2.05, 4.69) is 19.6 Å². The largest absolute Gasteiger partial charge is 0.457 e. The molecule has 0 radical (unpaired) electrons. The van der Waals surface area contributed by atoms with Crippen LogP contribution in [-0.2, 0) is 9.53 Å². The first-order valence-electron chi connectivity index (χ1n) is 6.87. The molecule has 1 saturated carbocycles. The summed E-state index contributed by atoms with van der Waals surface area (Å²) >= 11 is 4.01. The molecule has 0 spiro atoms. The molecule has 2 rings (SSSR count). The van der Waals surface area contributed by atoms with Crippen molar-refractivity contribution < 1.29 is 18.7 Å². The summed E-state index contributed by atoms with van der Waals surface area (Å²) in [6.45, 7) is 6.09. The lowest BCUT2D eigenvalue weighted by atomic mass is 9.69. The maximum Gasteiger partial charge on any atom is 0.375 e. The first kappa shape index (κ1) is 15.2. The van der Waals surface area contributed by atoms with E-state index in [1.165, 1.54) is 12.3 Å². The lowest BCUT2D eigenvalue weighted by Gasteiger charge is -2.42. The van der Waals surface area contributed by atoms with Gasteiger partial charge >= 0.3 is 5.97 Å². The predicted octanol–water partition coefficient (Wildman–Crippen LogP) is 3.48. The standard InChI is InChI=1S/C15H20O4S/c1-4-14(3)10(2)7-8-15(14,13(17)20)19-12(16)11-6-5-9-18-11/h5-6,9-10H,4,7-8H2,1-3H3,(H,17,20). The molecule has 1 aromatic heterocycles. The molecule has 1 aliphatic rings. The quantitative estimate of drug-likeness (QED) is 0.682. The van der Waals surface area contributed by atoms with E-state index < -0.39 is 17.0 Å². The molecule has 0 bridgehead atoms. The fourth-order valence-corrected chi connectivity index (χ4v) is 3.63. The van der Waals surface area contributed by atoms with Crippen molar-refractivity contribution in [2.24, 2.45) is 11.3 Å². The molecule has 0 N–H and O–H groups in total. The SMILES string of the molecule is CCC1(C)C(C)CCC1(OC(=O)c1ccco1)C(=O)S. The van der Waals surface area contributed by atoms with Crippen LogP contribution >= 0.6 is 12.6 Å². The summed E-state index contributed by atoms with van der Waals surface area (Å²) in [5, 5.41) is -0.383. The Bertz CT molecular complexity index is 510. The van der Waals surface area contributed by atoms with Crippen LogP contribution in [-0.4, -0.2) is 16.7 Å². The van der Waals surface area contributed by atoms with Crippen molar-refractivity contribution in [3.05, 3.63) is 24.2 Å². The molecule has 5 heteroatoms. The minimum Gasteiger partial charge on any atom is -0.457 e. The summed E-state index contributed by atoms with van der Waals surface area (Å²) in [5.41, 5.74) is -1.58. The monoisotopic (exact) mass is 296 g/mol. The Morgan fingerprint density at radius 2 is 2.25 bits per heavy atom. The highest BCUT2D eigenvalue weighted by Gasteiger charge is 2.61. The van der Waals surface area contributed by atoms with Gasteiger partial charge in [-0.1, -0.05) is 20.8 Å². The third-order valence-corrected chi connectivity index (χ3v) is 5.37. The van der Waals surface area contributed by atoms with Gasteiger partial charge in [-0.25, -0.2) is 4.79 Å². The number of hydrogen-bond donors (Lipinski definition) is 1. The topological polar surface area (TPSA) is 56.5 Å². The Balaban J connectivity index is 2.36. The van der Waals surface area contributed by atoms with E-state index in [0.717, 1.165) is 12.8 Å². The number of esters is 1. The number of thiol groups is 1. The Kier molecular flexibility index (Phi) is 4.00. The smallest absolute Gasteiger partial charge is 0.375 e. The minimum absolute atomic E-state index is 0.108. The zero-order chi connectivity index (χ0) is 15.0. The van der Waals surface area contributed by atoms with E-state index in [9.17, 15) is 9.59 Å². The molecule has 0 aromatic carbocycles. The minimum atomic E-state index is -1.17. The average molecular weight is 296 g/mol. The molecule has 0 amide bonds. The van der Waals surface area contributed by atoms with Crippen molar-refractivity contribution in [3.63, 3.8) is 0 Å². The van der Waals surface area contributed by atoms with E-state index in [1.54, 1.807) is 6.07 Å². The van der Waals surface area contributed by atoms with Crippen LogP contribution in [0.15, 0.2) is 22.8 Å². The van der Waals surface area contributed by atoms with Gasteiger partial charge in [-0.15, -0.1) is 12.6 Å². The lowest BCUT2D eigenvalue weighted by Crippen LogP contribution is -2.52. The van der Waals surface area contributed by atoms with Crippen molar-refractivity contribution in [2.75, 3.05) is 0 Å². The highest BCUT2D eigenvalue weighted by molar-refractivity contribution is 7.96. The van der Waals surface area contributed by atoms with Crippen LogP contribution in [0.2, 0.25) is 0 Å². The van der Waals surface area contributed by atoms with E-state index in [-0.39, 0.29) is 16.8 Å². The average Bonchev–Trinajstić information content (AvgIpc) is 3.02. The van der Waals surface area contributed by atoms with Crippen LogP contribution in [0.3, 0.4) is 0 Å². The summed E-state index contributed by atoms with van der Waals surface area (Å²) in [7, 11) is 0. The van der Waals surface area contributed by atoms with Gasteiger partial charge in [0.1, 0.15) is 0 Å². The highest BCUT2D eigenvalue weighted by Crippen LogP contribution is 2.55. The molecule has 1 fully saturated rings. The summed E-state index contributed by atoms with van der Waals surface area (Å²) < 4.78 is 10.7. The fourth-order valence-electron chi connectivity index (χ4n) is 3.22. The van der Waals surface area contributed by atoms with Gasteiger partial charge in [0.15, 0.2) is 5.60 Å². The zero-order valence-electron chi connectivity index (χ0n) is 12.0. The van der Waals surface area contributed by atoms with E-state index in [4.69, 9.17) is 9.15 Å². The summed E-state index contributed by atoms with van der Waals surface area (Å²) in [6.07, 6.45) is 3.49. The second-order valence-corrected chi connectivity index (χ2v) is 6.12. The summed E-state index contributed by atoms with van der Waals surface area (Å²) in [5.74, 6) is -0.212. The van der Waals surface area contributed by atoms with Crippen LogP contribution in [0, 0.1) is 11.3 Å².